The number of ether oxygens (including phenoxy) is 2. The molecule has 0 aliphatic carbocycles. The van der Waals surface area contributed by atoms with E-state index in [0.717, 1.165) is 22.6 Å². The first-order valence-corrected chi connectivity index (χ1v) is 9.95. The number of benzene rings is 1. The summed E-state index contributed by atoms with van der Waals surface area (Å²) in [4.78, 5) is 36.8. The van der Waals surface area contributed by atoms with Crippen molar-refractivity contribution in [3.8, 4) is 5.75 Å². The van der Waals surface area contributed by atoms with E-state index in [-0.39, 0.29) is 30.3 Å². The van der Waals surface area contributed by atoms with Crippen LogP contribution in [0.15, 0.2) is 24.3 Å². The Labute approximate surface area is 168 Å². The molecule has 1 N–H and O–H groups in total. The van der Waals surface area contributed by atoms with Crippen LogP contribution in [-0.4, -0.2) is 30.9 Å². The Hall–Kier alpha value is -2.67. The Bertz CT molecular complexity index is 854. The zero-order chi connectivity index (χ0) is 20.7. The number of ketones is 1. The quantitative estimate of drug-likeness (QED) is 0.378. The maximum Gasteiger partial charge on any atom is 0.341 e. The van der Waals surface area contributed by atoms with Gasteiger partial charge in [-0.1, -0.05) is 17.7 Å². The fraction of sp³-hybridized carbons (Fsp3) is 0.381. The summed E-state index contributed by atoms with van der Waals surface area (Å²) < 4.78 is 10.7. The molecule has 0 saturated heterocycles. The van der Waals surface area contributed by atoms with Crippen LogP contribution in [-0.2, 0) is 9.53 Å². The number of carbonyl (C=O) groups is 3. The van der Waals surface area contributed by atoms with Crippen molar-refractivity contribution in [3.63, 3.8) is 0 Å². The number of carbonyl (C=O) groups excluding carboxylic acids is 3. The first-order chi connectivity index (χ1) is 13.3. The number of anilines is 1. The van der Waals surface area contributed by atoms with E-state index in [1.165, 1.54) is 6.92 Å². The summed E-state index contributed by atoms with van der Waals surface area (Å²) in [7, 11) is 0. The van der Waals surface area contributed by atoms with Crippen LogP contribution in [0.3, 0.4) is 0 Å². The van der Waals surface area contributed by atoms with Crippen molar-refractivity contribution >= 4 is 34.0 Å². The van der Waals surface area contributed by atoms with Gasteiger partial charge >= 0.3 is 5.97 Å². The Morgan fingerprint density at radius 1 is 1.11 bits per heavy atom. The Morgan fingerprint density at radius 3 is 2.39 bits per heavy atom. The van der Waals surface area contributed by atoms with E-state index in [1.807, 2.05) is 31.2 Å². The van der Waals surface area contributed by atoms with Crippen LogP contribution in [0.25, 0.3) is 0 Å². The third-order valence-electron chi connectivity index (χ3n) is 4.04. The van der Waals surface area contributed by atoms with Crippen LogP contribution in [0.1, 0.15) is 57.8 Å². The highest BCUT2D eigenvalue weighted by Gasteiger charge is 2.25. The summed E-state index contributed by atoms with van der Waals surface area (Å²) >= 11 is 1.10. The smallest absolute Gasteiger partial charge is 0.341 e. The first kappa shape index (κ1) is 21.6. The predicted molar refractivity (Wildman–Crippen MR) is 110 cm³/mol. The lowest BCUT2D eigenvalue weighted by molar-refractivity contribution is -0.116. The van der Waals surface area contributed by atoms with Gasteiger partial charge in [0.05, 0.1) is 23.7 Å². The molecule has 0 bridgehead atoms. The summed E-state index contributed by atoms with van der Waals surface area (Å²) in [5.41, 5.74) is 1.94. The lowest BCUT2D eigenvalue weighted by Gasteiger charge is -2.08. The fourth-order valence-corrected chi connectivity index (χ4v) is 3.74. The number of hydrogen-bond donors (Lipinski definition) is 1. The Morgan fingerprint density at radius 2 is 1.79 bits per heavy atom. The van der Waals surface area contributed by atoms with Gasteiger partial charge in [0.25, 0.3) is 0 Å². The van der Waals surface area contributed by atoms with Gasteiger partial charge in [0.2, 0.25) is 5.91 Å². The van der Waals surface area contributed by atoms with Crippen molar-refractivity contribution in [2.24, 2.45) is 0 Å². The molecule has 1 aromatic carbocycles. The molecule has 1 amide bonds. The molecular weight excluding hydrogens is 378 g/mol. The molecule has 1 heterocycles. The number of amides is 1. The number of thiophene rings is 1. The minimum atomic E-state index is -0.540. The predicted octanol–water partition coefficient (Wildman–Crippen LogP) is 4.54. The molecule has 0 aliphatic rings. The van der Waals surface area contributed by atoms with Crippen LogP contribution < -0.4 is 10.1 Å². The maximum atomic E-state index is 12.3. The zero-order valence-corrected chi connectivity index (χ0v) is 17.4. The lowest BCUT2D eigenvalue weighted by atomic mass is 10.1. The molecular formula is C21H25NO5S. The molecule has 7 heteroatoms. The largest absolute Gasteiger partial charge is 0.494 e. The fourth-order valence-electron chi connectivity index (χ4n) is 2.63. The van der Waals surface area contributed by atoms with Crippen molar-refractivity contribution in [2.75, 3.05) is 18.5 Å². The van der Waals surface area contributed by atoms with Crippen molar-refractivity contribution < 1.29 is 23.9 Å². The van der Waals surface area contributed by atoms with Gasteiger partial charge < -0.3 is 14.8 Å². The van der Waals surface area contributed by atoms with Gasteiger partial charge in [0.15, 0.2) is 5.78 Å². The summed E-state index contributed by atoms with van der Waals surface area (Å²) in [6.07, 6.45) is 0.763. The normalized spacial score (nSPS) is 10.4. The number of aryl methyl sites for hydroxylation is 1. The Kier molecular flexibility index (Phi) is 7.75. The van der Waals surface area contributed by atoms with Gasteiger partial charge in [-0.05, 0) is 51.8 Å². The third-order valence-corrected chi connectivity index (χ3v) is 5.35. The maximum absolute atomic E-state index is 12.3. The van der Waals surface area contributed by atoms with Gasteiger partial charge in [0, 0.05) is 6.42 Å². The molecule has 0 radical (unpaired) electrons. The molecule has 0 unspecified atom stereocenters. The average Bonchev–Trinajstić information content (AvgIpc) is 2.96. The molecule has 0 atom stereocenters. The van der Waals surface area contributed by atoms with Crippen LogP contribution in [0.5, 0.6) is 5.75 Å². The molecule has 0 saturated carbocycles. The molecule has 6 nitrogen and oxygen atoms in total. The van der Waals surface area contributed by atoms with Crippen LogP contribution in [0.2, 0.25) is 0 Å². The molecule has 28 heavy (non-hydrogen) atoms. The van der Waals surface area contributed by atoms with E-state index in [1.54, 1.807) is 13.8 Å². The molecule has 0 aliphatic heterocycles. The van der Waals surface area contributed by atoms with Crippen molar-refractivity contribution in [2.45, 2.75) is 40.5 Å². The summed E-state index contributed by atoms with van der Waals surface area (Å²) in [6, 6.07) is 7.70. The molecule has 2 rings (SSSR count). The molecule has 1 aromatic heterocycles. The summed E-state index contributed by atoms with van der Waals surface area (Å²) in [5.74, 6) is -0.174. The van der Waals surface area contributed by atoms with Crippen LogP contribution >= 0.6 is 11.3 Å². The average molecular weight is 404 g/mol. The van der Waals surface area contributed by atoms with E-state index in [0.29, 0.717) is 28.5 Å². The molecule has 0 spiro atoms. The van der Waals surface area contributed by atoms with Gasteiger partial charge in [-0.3, -0.25) is 9.59 Å². The zero-order valence-electron chi connectivity index (χ0n) is 16.6. The van der Waals surface area contributed by atoms with Gasteiger partial charge in [-0.2, -0.15) is 0 Å². The highest BCUT2D eigenvalue weighted by atomic mass is 32.1. The minimum Gasteiger partial charge on any atom is -0.494 e. The van der Waals surface area contributed by atoms with Crippen molar-refractivity contribution in [1.29, 1.82) is 0 Å². The van der Waals surface area contributed by atoms with Gasteiger partial charge in [-0.25, -0.2) is 4.79 Å². The van der Waals surface area contributed by atoms with Crippen LogP contribution in [0, 0.1) is 13.8 Å². The van der Waals surface area contributed by atoms with E-state index in [2.05, 4.69) is 5.32 Å². The van der Waals surface area contributed by atoms with Crippen molar-refractivity contribution in [1.82, 2.24) is 0 Å². The molecule has 0 fully saturated rings. The number of hydrogen-bond acceptors (Lipinski definition) is 6. The second-order valence-corrected chi connectivity index (χ2v) is 7.37. The SMILES string of the molecule is CCOC(=O)c1c(NC(=O)CCCOc2ccc(C)cc2)sc(C(C)=O)c1C. The number of Topliss-reactive ketones (excluding diaryl/α,β-unsaturated/α-hetero) is 1. The van der Waals surface area contributed by atoms with Crippen LogP contribution in [0.4, 0.5) is 5.00 Å². The third kappa shape index (κ3) is 5.66. The minimum absolute atomic E-state index is 0.153. The number of rotatable bonds is 9. The van der Waals surface area contributed by atoms with Gasteiger partial charge in [-0.15, -0.1) is 11.3 Å². The van der Waals surface area contributed by atoms with Crippen molar-refractivity contribution in [3.05, 3.63) is 45.8 Å². The number of nitrogens with one attached hydrogen (secondary N) is 1. The molecule has 2 aromatic rings. The van der Waals surface area contributed by atoms with E-state index in [4.69, 9.17) is 9.47 Å². The standard InChI is InChI=1S/C21H25NO5S/c1-5-26-21(25)18-14(3)19(15(4)23)28-20(18)22-17(24)7-6-12-27-16-10-8-13(2)9-11-16/h8-11H,5-7,12H2,1-4H3,(H,22,24). The van der Waals surface area contributed by atoms with E-state index < -0.39 is 5.97 Å². The highest BCUT2D eigenvalue weighted by Crippen LogP contribution is 2.34. The second kappa shape index (κ2) is 10.0. The van der Waals surface area contributed by atoms with E-state index >= 15 is 0 Å². The first-order valence-electron chi connectivity index (χ1n) is 9.14. The monoisotopic (exact) mass is 403 g/mol. The molecule has 150 valence electrons. The summed E-state index contributed by atoms with van der Waals surface area (Å²) in [5, 5.41) is 3.10. The van der Waals surface area contributed by atoms with Gasteiger partial charge in [0.1, 0.15) is 10.8 Å². The Balaban J connectivity index is 1.96. The summed E-state index contributed by atoms with van der Waals surface area (Å²) in [6.45, 7) is 7.45. The topological polar surface area (TPSA) is 81.7 Å². The second-order valence-electron chi connectivity index (χ2n) is 6.35. The highest BCUT2D eigenvalue weighted by molar-refractivity contribution is 7.18. The van der Waals surface area contributed by atoms with E-state index in [9.17, 15) is 14.4 Å². The number of esters is 1. The lowest BCUT2D eigenvalue weighted by Crippen LogP contribution is -2.15.